The zero-order chi connectivity index (χ0) is 77.9. The first-order chi connectivity index (χ1) is 51.7. The summed E-state index contributed by atoms with van der Waals surface area (Å²) in [7, 11) is -2.42. The summed E-state index contributed by atoms with van der Waals surface area (Å²) in [5.74, 6) is 0. The third kappa shape index (κ3) is 93.8. The van der Waals surface area contributed by atoms with Crippen LogP contribution in [0, 0.1) is 0 Å². The molecule has 0 spiro atoms. The fourth-order valence-corrected chi connectivity index (χ4v) is 27.0. The van der Waals surface area contributed by atoms with E-state index in [9.17, 15) is 19.6 Å². The van der Waals surface area contributed by atoms with Gasteiger partial charge < -0.3 is 93.4 Å². The van der Waals surface area contributed by atoms with E-state index in [2.05, 4.69) is 27.7 Å². The van der Waals surface area contributed by atoms with Gasteiger partial charge in [-0.1, -0.05) is 413 Å². The maximum Gasteiger partial charge on any atom is 2.00 e. The SMILES string of the molecule is CCCCCCCCCCCCCCCCCCOCCOC(C)S(C(C)OCCOCCCCCCCCCCCCCCCCCC)=P([O-])([O-])[S-].CCCCCCCCCCCCCCCCCCOCCOC(C)S(C(C)OCCOCCCCCCCCCCCCCCCCCC)=P([O-])([O-])[S-].[Zn+2].[Zn+2].[Zn+2]. The van der Waals surface area contributed by atoms with Crippen molar-refractivity contribution in [2.75, 3.05) is 79.3 Å². The molecule has 4 atom stereocenters. The Morgan fingerprint density at radius 3 is 0.413 bits per heavy atom. The molecule has 0 aromatic heterocycles. The second kappa shape index (κ2) is 98.8. The van der Waals surface area contributed by atoms with Crippen molar-refractivity contribution in [3.8, 4) is 0 Å². The Kier molecular flexibility index (Phi) is 110. The first kappa shape index (κ1) is 121. The van der Waals surface area contributed by atoms with Gasteiger partial charge >= 0.3 is 58.4 Å². The van der Waals surface area contributed by atoms with Crippen molar-refractivity contribution in [1.82, 2.24) is 0 Å². The monoisotopic (exact) mass is 1810 g/mol. The third-order valence-corrected chi connectivity index (χ3v) is 34.8. The fraction of sp³-hybridized carbons (Fsp3) is 1.00. The Hall–Kier alpha value is 3.65. The van der Waals surface area contributed by atoms with Crippen molar-refractivity contribution in [1.29, 1.82) is 0 Å². The van der Waals surface area contributed by atoms with Gasteiger partial charge in [0.1, 0.15) is 0 Å². The Bertz CT molecular complexity index is 1590. The number of ether oxygens (including phenoxy) is 8. The van der Waals surface area contributed by atoms with Crippen LogP contribution in [0.15, 0.2) is 0 Å². The Morgan fingerprint density at radius 1 is 0.193 bits per heavy atom. The molecule has 0 aromatic rings. The molecule has 0 heterocycles. The Labute approximate surface area is 732 Å². The molecule has 0 aliphatic rings. The van der Waals surface area contributed by atoms with Crippen molar-refractivity contribution in [2.24, 2.45) is 0 Å². The zero-order valence-corrected chi connectivity index (χ0v) is 87.6. The topological polar surface area (TPSA) is 166 Å². The van der Waals surface area contributed by atoms with Gasteiger partial charge in [-0.25, -0.2) is 0 Å². The van der Waals surface area contributed by atoms with Crippen LogP contribution in [0.1, 0.15) is 466 Å². The molecule has 0 saturated carbocycles. The third-order valence-electron chi connectivity index (χ3n) is 20.8. The predicted octanol–water partition coefficient (Wildman–Crippen LogP) is 25.7. The van der Waals surface area contributed by atoms with E-state index >= 15 is 0 Å². The van der Waals surface area contributed by atoms with Crippen LogP contribution >= 0.6 is 11.4 Å². The second-order valence-electron chi connectivity index (χ2n) is 31.0. The van der Waals surface area contributed by atoms with Gasteiger partial charge in [0.05, 0.1) is 74.6 Å². The van der Waals surface area contributed by atoms with E-state index in [4.69, 9.17) is 62.4 Å². The van der Waals surface area contributed by atoms with Crippen LogP contribution in [0.5, 0.6) is 0 Å². The van der Waals surface area contributed by atoms with E-state index < -0.39 is 53.3 Å². The van der Waals surface area contributed by atoms with Gasteiger partial charge in [0.15, 0.2) is 0 Å². The van der Waals surface area contributed by atoms with Gasteiger partial charge in [0, 0.05) is 26.4 Å². The maximum atomic E-state index is 12.5. The summed E-state index contributed by atoms with van der Waals surface area (Å²) in [6, 6.07) is 0. The van der Waals surface area contributed by atoms with Crippen molar-refractivity contribution in [3.63, 3.8) is 0 Å². The largest absolute Gasteiger partial charge is 2.00 e. The van der Waals surface area contributed by atoms with Crippen LogP contribution < -0.4 is 19.6 Å². The molecule has 644 valence electrons. The van der Waals surface area contributed by atoms with Crippen LogP contribution in [-0.2, 0) is 141 Å². The molecular formula is C88H180O12P2S4Zn3. The average Bonchev–Trinajstić information content (AvgIpc) is 0.848. The van der Waals surface area contributed by atoms with E-state index in [1.54, 1.807) is 27.7 Å². The zero-order valence-electron chi connectivity index (χ0n) is 73.6. The van der Waals surface area contributed by atoms with Crippen LogP contribution in [0.4, 0.5) is 0 Å². The van der Waals surface area contributed by atoms with Crippen LogP contribution in [-0.4, -0.2) is 101 Å². The van der Waals surface area contributed by atoms with Crippen molar-refractivity contribution < 1.29 is 116 Å². The van der Waals surface area contributed by atoms with Gasteiger partial charge in [-0.3, -0.25) is 0 Å². The molecule has 0 aliphatic heterocycles. The van der Waals surface area contributed by atoms with Crippen molar-refractivity contribution >= 4 is 56.0 Å². The molecular weight excluding hydrogens is 1640 g/mol. The normalized spacial score (nSPS) is 13.5. The molecule has 0 bridgehead atoms. The number of rotatable bonds is 88. The van der Waals surface area contributed by atoms with E-state index in [1.165, 1.54) is 385 Å². The molecule has 21 heteroatoms. The van der Waals surface area contributed by atoms with E-state index in [0.717, 1.165) is 52.1 Å². The average molecular weight is 1820 g/mol. The molecule has 0 rings (SSSR count). The Morgan fingerprint density at radius 2 is 0.303 bits per heavy atom. The number of unbranched alkanes of at least 4 members (excludes halogenated alkanes) is 60. The minimum absolute atomic E-state index is 0. The summed E-state index contributed by atoms with van der Waals surface area (Å²) in [5, 5.41) is 0. The molecule has 0 N–H and O–H groups in total. The minimum atomic E-state index is -4.05. The molecule has 0 saturated heterocycles. The van der Waals surface area contributed by atoms with E-state index in [0.29, 0.717) is 52.9 Å². The molecule has 12 nitrogen and oxygen atoms in total. The van der Waals surface area contributed by atoms with Crippen LogP contribution in [0.3, 0.4) is 0 Å². The first-order valence-electron chi connectivity index (χ1n) is 45.9. The minimum Gasteiger partial charge on any atom is -0.854 e. The molecule has 4 unspecified atom stereocenters. The summed E-state index contributed by atoms with van der Waals surface area (Å²) in [6.07, 6.45) is 86.8. The first-order valence-corrected chi connectivity index (χ1v) is 55.1. The van der Waals surface area contributed by atoms with Gasteiger partial charge in [-0.2, -0.15) is 20.1 Å². The van der Waals surface area contributed by atoms with E-state index in [-0.39, 0.29) is 58.4 Å². The number of hydrogen-bond donors (Lipinski definition) is 0. The summed E-state index contributed by atoms with van der Waals surface area (Å²) in [5.41, 5.74) is -10.2. The van der Waals surface area contributed by atoms with E-state index in [1.807, 2.05) is 0 Å². The number of hydrogen-bond acceptors (Lipinski definition) is 14. The second-order valence-corrected chi connectivity index (χ2v) is 46.5. The standard InChI is InChI=1S/2C44H90O6PS2.3Zn/c2*1-5-7-9-11-13-15-17-19-21-23-25-27-29-31-33-35-37-47-39-41-49-43(3)53(51(45,46)52)44(4)50-42-40-48-38-36-34-32-30-28-26-24-22-20-18-16-14-12-10-8-6-2;;;/h2*43-44H,5-42H2,1-4H3;;;/q2*-3;3*+2. The molecule has 109 heavy (non-hydrogen) atoms. The van der Waals surface area contributed by atoms with Crippen LogP contribution in [0.25, 0.3) is 0 Å². The molecule has 0 fully saturated rings. The van der Waals surface area contributed by atoms with Gasteiger partial charge in [0.2, 0.25) is 0 Å². The van der Waals surface area contributed by atoms with Crippen LogP contribution in [0.2, 0.25) is 0 Å². The summed E-state index contributed by atoms with van der Waals surface area (Å²) < 4.78 is 46.5. The Balaban J connectivity index is -0.000000644. The van der Waals surface area contributed by atoms with Gasteiger partial charge in [-0.15, -0.1) is 0 Å². The fourth-order valence-electron chi connectivity index (χ4n) is 14.1. The smallest absolute Gasteiger partial charge is 0.854 e. The summed E-state index contributed by atoms with van der Waals surface area (Å²) in [4.78, 5) is 49.9. The summed E-state index contributed by atoms with van der Waals surface area (Å²) >= 11 is 9.82. The molecule has 0 amide bonds. The predicted molar refractivity (Wildman–Crippen MR) is 466 cm³/mol. The van der Waals surface area contributed by atoms with Crippen molar-refractivity contribution in [2.45, 2.75) is 488 Å². The molecule has 0 aromatic carbocycles. The quantitative estimate of drug-likeness (QED) is 0.0244. The van der Waals surface area contributed by atoms with Gasteiger partial charge in [-0.05, 0) is 53.4 Å². The molecule has 0 radical (unpaired) electrons. The van der Waals surface area contributed by atoms with Crippen molar-refractivity contribution in [3.05, 3.63) is 0 Å². The molecule has 0 aliphatic carbocycles. The van der Waals surface area contributed by atoms with Gasteiger partial charge in [0.25, 0.3) is 0 Å². The maximum absolute atomic E-state index is 12.5. The summed E-state index contributed by atoms with van der Waals surface area (Å²) in [6.45, 7) is 22.4.